The molecular formula is C14H17ClN4O. The number of anilines is 1. The quantitative estimate of drug-likeness (QED) is 0.882. The van der Waals surface area contributed by atoms with E-state index in [1.807, 2.05) is 19.2 Å². The second-order valence-corrected chi connectivity index (χ2v) is 4.80. The molecule has 0 spiro atoms. The molecule has 0 fully saturated rings. The van der Waals surface area contributed by atoms with Gasteiger partial charge in [-0.1, -0.05) is 24.3 Å². The molecule has 3 rings (SSSR count). The van der Waals surface area contributed by atoms with Crippen LogP contribution in [0.4, 0.5) is 5.69 Å². The first-order chi connectivity index (χ1) is 9.22. The fourth-order valence-electron chi connectivity index (χ4n) is 2.35. The van der Waals surface area contributed by atoms with Gasteiger partial charge in [0.25, 0.3) is 0 Å². The summed E-state index contributed by atoms with van der Waals surface area (Å²) in [5, 5.41) is 10.2. The molecule has 1 aromatic carbocycles. The molecule has 1 atom stereocenters. The van der Waals surface area contributed by atoms with Crippen molar-refractivity contribution in [2.45, 2.75) is 19.0 Å². The van der Waals surface area contributed by atoms with Crippen LogP contribution in [-0.2, 0) is 24.8 Å². The summed E-state index contributed by atoms with van der Waals surface area (Å²) in [6.45, 7) is 0.737. The third kappa shape index (κ3) is 3.00. The molecule has 0 aliphatic carbocycles. The number of benzene rings is 1. The molecule has 1 aliphatic rings. The Hall–Kier alpha value is -1.85. The number of rotatable bonds is 2. The molecule has 6 heteroatoms. The molecule has 0 saturated carbocycles. The van der Waals surface area contributed by atoms with E-state index < -0.39 is 0 Å². The minimum Gasteiger partial charge on any atom is -0.322 e. The van der Waals surface area contributed by atoms with Gasteiger partial charge in [0.15, 0.2) is 0 Å². The zero-order chi connectivity index (χ0) is 13.2. The van der Waals surface area contributed by atoms with Crippen molar-refractivity contribution in [2.24, 2.45) is 7.05 Å². The SMILES string of the molecule is Cl.Cn1cc(NC(=O)C2Cc3ccccc3CN2)cn1. The van der Waals surface area contributed by atoms with Gasteiger partial charge in [0, 0.05) is 19.8 Å². The van der Waals surface area contributed by atoms with E-state index in [1.54, 1.807) is 17.1 Å². The monoisotopic (exact) mass is 292 g/mol. The van der Waals surface area contributed by atoms with Crippen molar-refractivity contribution in [3.8, 4) is 0 Å². The highest BCUT2D eigenvalue weighted by atomic mass is 35.5. The molecular weight excluding hydrogens is 276 g/mol. The van der Waals surface area contributed by atoms with Gasteiger partial charge in [0.2, 0.25) is 5.91 Å². The molecule has 1 aromatic heterocycles. The van der Waals surface area contributed by atoms with E-state index in [0.717, 1.165) is 18.7 Å². The van der Waals surface area contributed by atoms with Crippen molar-refractivity contribution in [1.82, 2.24) is 15.1 Å². The molecule has 0 saturated heterocycles. The highest BCUT2D eigenvalue weighted by molar-refractivity contribution is 5.95. The lowest BCUT2D eigenvalue weighted by atomic mass is 9.95. The number of halogens is 1. The molecule has 1 unspecified atom stereocenters. The predicted octanol–water partition coefficient (Wildman–Crippen LogP) is 1.49. The van der Waals surface area contributed by atoms with E-state index in [4.69, 9.17) is 0 Å². The summed E-state index contributed by atoms with van der Waals surface area (Å²) >= 11 is 0. The fourth-order valence-corrected chi connectivity index (χ4v) is 2.35. The first-order valence-corrected chi connectivity index (χ1v) is 6.32. The predicted molar refractivity (Wildman–Crippen MR) is 79.9 cm³/mol. The van der Waals surface area contributed by atoms with Crippen LogP contribution in [0.25, 0.3) is 0 Å². The first-order valence-electron chi connectivity index (χ1n) is 6.32. The van der Waals surface area contributed by atoms with Gasteiger partial charge in [-0.2, -0.15) is 5.10 Å². The van der Waals surface area contributed by atoms with Crippen LogP contribution >= 0.6 is 12.4 Å². The van der Waals surface area contributed by atoms with Crippen molar-refractivity contribution < 1.29 is 4.79 Å². The summed E-state index contributed by atoms with van der Waals surface area (Å²) in [7, 11) is 1.82. The Labute approximate surface area is 123 Å². The Bertz CT molecular complexity index is 611. The first kappa shape index (κ1) is 14.6. The zero-order valence-electron chi connectivity index (χ0n) is 11.2. The minimum absolute atomic E-state index is 0. The number of aryl methyl sites for hydroxylation is 1. The number of carbonyl (C=O) groups excluding carboxylic acids is 1. The second kappa shape index (κ2) is 6.07. The molecule has 1 amide bonds. The summed E-state index contributed by atoms with van der Waals surface area (Å²) in [5.41, 5.74) is 3.24. The van der Waals surface area contributed by atoms with E-state index in [1.165, 1.54) is 11.1 Å². The normalized spacial score (nSPS) is 16.9. The minimum atomic E-state index is -0.185. The van der Waals surface area contributed by atoms with Crippen molar-refractivity contribution in [3.63, 3.8) is 0 Å². The van der Waals surface area contributed by atoms with Crippen molar-refractivity contribution >= 4 is 24.0 Å². The van der Waals surface area contributed by atoms with E-state index in [-0.39, 0.29) is 24.4 Å². The number of amides is 1. The Balaban J connectivity index is 0.00000147. The molecule has 106 valence electrons. The number of hydrogen-bond donors (Lipinski definition) is 2. The standard InChI is InChI=1S/C14H16N4O.ClH/c1-18-9-12(8-16-18)17-14(19)13-6-10-4-2-3-5-11(10)7-15-13;/h2-5,8-9,13,15H,6-7H2,1H3,(H,17,19);1H. The molecule has 1 aliphatic heterocycles. The lowest BCUT2D eigenvalue weighted by molar-refractivity contribution is -0.118. The van der Waals surface area contributed by atoms with Gasteiger partial charge in [0.1, 0.15) is 0 Å². The number of aromatic nitrogens is 2. The Kier molecular flexibility index (Phi) is 4.42. The van der Waals surface area contributed by atoms with E-state index in [9.17, 15) is 4.79 Å². The summed E-state index contributed by atoms with van der Waals surface area (Å²) in [6.07, 6.45) is 4.16. The van der Waals surface area contributed by atoms with Crippen LogP contribution in [0.5, 0.6) is 0 Å². The van der Waals surface area contributed by atoms with Crippen LogP contribution < -0.4 is 10.6 Å². The molecule has 2 N–H and O–H groups in total. The van der Waals surface area contributed by atoms with Gasteiger partial charge in [-0.05, 0) is 17.5 Å². The molecule has 0 radical (unpaired) electrons. The molecule has 2 heterocycles. The van der Waals surface area contributed by atoms with Crippen LogP contribution in [0, 0.1) is 0 Å². The van der Waals surface area contributed by atoms with Gasteiger partial charge in [-0.15, -0.1) is 12.4 Å². The Morgan fingerprint density at radius 2 is 2.15 bits per heavy atom. The van der Waals surface area contributed by atoms with Crippen LogP contribution in [-0.4, -0.2) is 21.7 Å². The summed E-state index contributed by atoms with van der Waals surface area (Å²) in [4.78, 5) is 12.2. The Morgan fingerprint density at radius 1 is 1.40 bits per heavy atom. The van der Waals surface area contributed by atoms with Crippen molar-refractivity contribution in [1.29, 1.82) is 0 Å². The van der Waals surface area contributed by atoms with Gasteiger partial charge in [-0.25, -0.2) is 0 Å². The summed E-state index contributed by atoms with van der Waals surface area (Å²) in [6, 6.07) is 8.03. The number of nitrogens with zero attached hydrogens (tertiary/aromatic N) is 2. The van der Waals surface area contributed by atoms with Crippen molar-refractivity contribution in [2.75, 3.05) is 5.32 Å². The van der Waals surface area contributed by atoms with Gasteiger partial charge < -0.3 is 10.6 Å². The number of fused-ring (bicyclic) bond motifs is 1. The van der Waals surface area contributed by atoms with E-state index in [0.29, 0.717) is 0 Å². The zero-order valence-corrected chi connectivity index (χ0v) is 12.0. The third-order valence-corrected chi connectivity index (χ3v) is 3.37. The topological polar surface area (TPSA) is 59.0 Å². The number of carbonyl (C=O) groups is 1. The maximum atomic E-state index is 12.2. The van der Waals surface area contributed by atoms with Crippen LogP contribution in [0.15, 0.2) is 36.7 Å². The largest absolute Gasteiger partial charge is 0.322 e. The maximum Gasteiger partial charge on any atom is 0.241 e. The second-order valence-electron chi connectivity index (χ2n) is 4.80. The number of hydrogen-bond acceptors (Lipinski definition) is 3. The highest BCUT2D eigenvalue weighted by Gasteiger charge is 2.23. The number of nitrogens with one attached hydrogen (secondary N) is 2. The molecule has 20 heavy (non-hydrogen) atoms. The van der Waals surface area contributed by atoms with Crippen molar-refractivity contribution in [3.05, 3.63) is 47.8 Å². The van der Waals surface area contributed by atoms with E-state index in [2.05, 4.69) is 27.9 Å². The average molecular weight is 293 g/mol. The van der Waals surface area contributed by atoms with Crippen LogP contribution in [0.3, 0.4) is 0 Å². The molecule has 5 nitrogen and oxygen atoms in total. The van der Waals surface area contributed by atoms with Crippen LogP contribution in [0.2, 0.25) is 0 Å². The average Bonchev–Trinajstić information content (AvgIpc) is 2.83. The van der Waals surface area contributed by atoms with Gasteiger partial charge in [-0.3, -0.25) is 9.48 Å². The van der Waals surface area contributed by atoms with E-state index >= 15 is 0 Å². The van der Waals surface area contributed by atoms with Gasteiger partial charge in [0.05, 0.1) is 17.9 Å². The highest BCUT2D eigenvalue weighted by Crippen LogP contribution is 2.17. The summed E-state index contributed by atoms with van der Waals surface area (Å²) in [5.74, 6) is -0.0116. The lowest BCUT2D eigenvalue weighted by Gasteiger charge is -2.25. The Morgan fingerprint density at radius 3 is 2.85 bits per heavy atom. The summed E-state index contributed by atoms with van der Waals surface area (Å²) < 4.78 is 1.67. The fraction of sp³-hybridized carbons (Fsp3) is 0.286. The van der Waals surface area contributed by atoms with Crippen LogP contribution in [0.1, 0.15) is 11.1 Å². The molecule has 2 aromatic rings. The smallest absolute Gasteiger partial charge is 0.241 e. The lowest BCUT2D eigenvalue weighted by Crippen LogP contribution is -2.44. The maximum absolute atomic E-state index is 12.2. The third-order valence-electron chi connectivity index (χ3n) is 3.37. The molecule has 0 bridgehead atoms. The van der Waals surface area contributed by atoms with Gasteiger partial charge >= 0.3 is 0 Å².